The first-order chi connectivity index (χ1) is 18.2. The second-order valence-electron chi connectivity index (χ2n) is 10.0. The number of fused-ring (bicyclic) bond motifs is 1. The van der Waals surface area contributed by atoms with Crippen LogP contribution in [0.5, 0.6) is 5.75 Å². The number of hydrogen-bond acceptors (Lipinski definition) is 4. The summed E-state index contributed by atoms with van der Waals surface area (Å²) in [7, 11) is 1.35. The Balaban J connectivity index is 1.52. The molecule has 1 atom stereocenters. The van der Waals surface area contributed by atoms with Crippen LogP contribution in [0, 0.1) is 13.8 Å². The average Bonchev–Trinajstić information content (AvgIpc) is 3.15. The predicted octanol–water partition coefficient (Wildman–Crippen LogP) is 6.30. The Labute approximate surface area is 224 Å². The van der Waals surface area contributed by atoms with Gasteiger partial charge in [0, 0.05) is 35.2 Å². The monoisotopic (exact) mass is 512 g/mol. The number of carbonyl (C=O) groups is 2. The van der Waals surface area contributed by atoms with Crippen molar-refractivity contribution >= 4 is 22.8 Å². The fourth-order valence-corrected chi connectivity index (χ4v) is 4.66. The van der Waals surface area contributed by atoms with Crippen LogP contribution in [0.25, 0.3) is 10.9 Å². The van der Waals surface area contributed by atoms with Gasteiger partial charge in [0.1, 0.15) is 5.75 Å². The number of aromatic nitrogens is 1. The first-order valence-electron chi connectivity index (χ1n) is 13.0. The number of benzene rings is 3. The molecule has 0 aliphatic heterocycles. The minimum absolute atomic E-state index is 0.0868. The van der Waals surface area contributed by atoms with Gasteiger partial charge in [-0.2, -0.15) is 0 Å². The lowest BCUT2D eigenvalue weighted by Gasteiger charge is -2.14. The van der Waals surface area contributed by atoms with Crippen molar-refractivity contribution in [2.45, 2.75) is 59.7 Å². The van der Waals surface area contributed by atoms with Crippen molar-refractivity contribution in [1.29, 1.82) is 0 Å². The SMILES string of the molecule is COC(=O)C(C)Oc1cccc(Cn2c(C)c(C)c3cc(C(=O)NCc4cccc(C(C)C)c4)ccc32)c1. The molecule has 4 aromatic rings. The summed E-state index contributed by atoms with van der Waals surface area (Å²) in [5.74, 6) is 0.560. The van der Waals surface area contributed by atoms with E-state index in [9.17, 15) is 9.59 Å². The summed E-state index contributed by atoms with van der Waals surface area (Å²) >= 11 is 0. The molecule has 1 aromatic heterocycles. The Morgan fingerprint density at radius 2 is 1.66 bits per heavy atom. The predicted molar refractivity (Wildman–Crippen MR) is 151 cm³/mol. The number of amides is 1. The standard InChI is InChI=1S/C32H36N2O4/c1-20(2)26-11-7-9-24(15-26)18-33-31(35)27-13-14-30-29(17-27)21(3)22(4)34(30)19-25-10-8-12-28(16-25)38-23(5)32(36)37-6/h7-17,20,23H,18-19H2,1-6H3,(H,33,35). The number of carbonyl (C=O) groups excluding carboxylic acids is 2. The molecule has 0 aliphatic rings. The van der Waals surface area contributed by atoms with Gasteiger partial charge < -0.3 is 19.4 Å². The molecule has 4 rings (SSSR count). The number of hydrogen-bond donors (Lipinski definition) is 1. The minimum atomic E-state index is -0.685. The Morgan fingerprint density at radius 1 is 0.921 bits per heavy atom. The molecule has 6 nitrogen and oxygen atoms in total. The van der Waals surface area contributed by atoms with Crippen LogP contribution in [0.1, 0.15) is 65.0 Å². The molecule has 6 heteroatoms. The van der Waals surface area contributed by atoms with Gasteiger partial charge in [-0.15, -0.1) is 0 Å². The van der Waals surface area contributed by atoms with E-state index in [1.165, 1.54) is 12.7 Å². The van der Waals surface area contributed by atoms with Gasteiger partial charge in [-0.1, -0.05) is 50.2 Å². The summed E-state index contributed by atoms with van der Waals surface area (Å²) in [6.45, 7) is 11.3. The molecule has 1 amide bonds. The van der Waals surface area contributed by atoms with E-state index in [4.69, 9.17) is 9.47 Å². The second-order valence-corrected chi connectivity index (χ2v) is 10.0. The minimum Gasteiger partial charge on any atom is -0.479 e. The van der Waals surface area contributed by atoms with E-state index in [0.717, 1.165) is 33.3 Å². The zero-order valence-corrected chi connectivity index (χ0v) is 23.0. The van der Waals surface area contributed by atoms with E-state index in [1.807, 2.05) is 54.6 Å². The quantitative estimate of drug-likeness (QED) is 0.267. The maximum absolute atomic E-state index is 13.0. The van der Waals surface area contributed by atoms with Crippen LogP contribution in [0.15, 0.2) is 66.7 Å². The number of rotatable bonds is 9. The average molecular weight is 513 g/mol. The van der Waals surface area contributed by atoms with Gasteiger partial charge in [-0.25, -0.2) is 4.79 Å². The molecule has 0 spiro atoms. The van der Waals surface area contributed by atoms with Gasteiger partial charge in [0.05, 0.1) is 7.11 Å². The molecular formula is C32H36N2O4. The first kappa shape index (κ1) is 27.0. The lowest BCUT2D eigenvalue weighted by Crippen LogP contribution is -2.24. The Kier molecular flexibility index (Phi) is 8.20. The molecule has 0 saturated carbocycles. The van der Waals surface area contributed by atoms with Gasteiger partial charge >= 0.3 is 5.97 Å². The van der Waals surface area contributed by atoms with Gasteiger partial charge in [0.15, 0.2) is 6.10 Å². The Morgan fingerprint density at radius 3 is 2.39 bits per heavy atom. The van der Waals surface area contributed by atoms with Crippen molar-refractivity contribution in [2.24, 2.45) is 0 Å². The molecule has 198 valence electrons. The Hall–Kier alpha value is -4.06. The van der Waals surface area contributed by atoms with Crippen molar-refractivity contribution in [2.75, 3.05) is 7.11 Å². The molecule has 0 bridgehead atoms. The fourth-order valence-electron chi connectivity index (χ4n) is 4.66. The van der Waals surface area contributed by atoms with Crippen LogP contribution in [0.3, 0.4) is 0 Å². The van der Waals surface area contributed by atoms with E-state index in [0.29, 0.717) is 30.3 Å². The number of ether oxygens (including phenoxy) is 2. The van der Waals surface area contributed by atoms with Crippen LogP contribution in [-0.4, -0.2) is 29.7 Å². The largest absolute Gasteiger partial charge is 0.479 e. The molecule has 38 heavy (non-hydrogen) atoms. The zero-order valence-electron chi connectivity index (χ0n) is 23.0. The lowest BCUT2D eigenvalue weighted by molar-refractivity contribution is -0.147. The van der Waals surface area contributed by atoms with Crippen molar-refractivity contribution in [3.05, 3.63) is 100 Å². The van der Waals surface area contributed by atoms with Crippen LogP contribution < -0.4 is 10.1 Å². The third-order valence-corrected chi connectivity index (χ3v) is 7.06. The number of methoxy groups -OCH3 is 1. The normalized spacial score (nSPS) is 12.0. The van der Waals surface area contributed by atoms with E-state index < -0.39 is 12.1 Å². The molecule has 1 heterocycles. The van der Waals surface area contributed by atoms with Crippen LogP contribution in [-0.2, 0) is 22.6 Å². The van der Waals surface area contributed by atoms with E-state index >= 15 is 0 Å². The second kappa shape index (κ2) is 11.5. The lowest BCUT2D eigenvalue weighted by atomic mass is 10.0. The Bertz CT molecular complexity index is 1470. The topological polar surface area (TPSA) is 69.6 Å². The van der Waals surface area contributed by atoms with Crippen LogP contribution in [0.4, 0.5) is 0 Å². The van der Waals surface area contributed by atoms with Crippen LogP contribution in [0.2, 0.25) is 0 Å². The molecule has 0 radical (unpaired) electrons. The molecule has 0 aliphatic carbocycles. The van der Waals surface area contributed by atoms with Gasteiger partial charge in [0.2, 0.25) is 0 Å². The highest BCUT2D eigenvalue weighted by Gasteiger charge is 2.17. The highest BCUT2D eigenvalue weighted by Crippen LogP contribution is 2.28. The molecule has 1 unspecified atom stereocenters. The van der Waals surface area contributed by atoms with E-state index in [-0.39, 0.29) is 5.91 Å². The van der Waals surface area contributed by atoms with Gasteiger partial charge in [0.25, 0.3) is 5.91 Å². The highest BCUT2D eigenvalue weighted by atomic mass is 16.6. The maximum Gasteiger partial charge on any atom is 0.346 e. The summed E-state index contributed by atoms with van der Waals surface area (Å²) in [5.41, 5.74) is 7.39. The number of nitrogens with zero attached hydrogens (tertiary/aromatic N) is 1. The molecular weight excluding hydrogens is 476 g/mol. The fraction of sp³-hybridized carbons (Fsp3) is 0.312. The van der Waals surface area contributed by atoms with Gasteiger partial charge in [-0.3, -0.25) is 4.79 Å². The number of aryl methyl sites for hydroxylation is 1. The first-order valence-corrected chi connectivity index (χ1v) is 13.0. The van der Waals surface area contributed by atoms with Crippen molar-refractivity contribution < 1.29 is 19.1 Å². The van der Waals surface area contributed by atoms with Gasteiger partial charge in [-0.05, 0) is 79.3 Å². The van der Waals surface area contributed by atoms with E-state index in [1.54, 1.807) is 6.92 Å². The molecule has 3 aromatic carbocycles. The number of esters is 1. The summed E-state index contributed by atoms with van der Waals surface area (Å²) in [4.78, 5) is 24.7. The third kappa shape index (κ3) is 5.91. The van der Waals surface area contributed by atoms with Crippen molar-refractivity contribution in [1.82, 2.24) is 9.88 Å². The summed E-state index contributed by atoms with van der Waals surface area (Å²) in [6.07, 6.45) is -0.685. The molecule has 0 fully saturated rings. The smallest absolute Gasteiger partial charge is 0.346 e. The third-order valence-electron chi connectivity index (χ3n) is 7.06. The number of nitrogens with one attached hydrogen (secondary N) is 1. The summed E-state index contributed by atoms with van der Waals surface area (Å²) in [6, 6.07) is 22.0. The summed E-state index contributed by atoms with van der Waals surface area (Å²) < 4.78 is 12.8. The van der Waals surface area contributed by atoms with E-state index in [2.05, 4.69) is 49.7 Å². The summed E-state index contributed by atoms with van der Waals surface area (Å²) in [5, 5.41) is 4.13. The van der Waals surface area contributed by atoms with Crippen LogP contribution >= 0.6 is 0 Å². The molecule has 1 N–H and O–H groups in total. The maximum atomic E-state index is 13.0. The van der Waals surface area contributed by atoms with Crippen molar-refractivity contribution in [3.63, 3.8) is 0 Å². The highest BCUT2D eigenvalue weighted by molar-refractivity contribution is 5.99. The zero-order chi connectivity index (χ0) is 27.4. The molecule has 0 saturated heterocycles. The van der Waals surface area contributed by atoms with Crippen molar-refractivity contribution in [3.8, 4) is 5.75 Å².